The molecule has 1 aromatic rings. The molecule has 1 rings (SSSR count). The first-order chi connectivity index (χ1) is 9.53. The van der Waals surface area contributed by atoms with E-state index in [9.17, 15) is 9.59 Å². The van der Waals surface area contributed by atoms with Gasteiger partial charge < -0.3 is 16.0 Å². The second-order valence-electron chi connectivity index (χ2n) is 4.45. The van der Waals surface area contributed by atoms with Crippen LogP contribution in [0.4, 0.5) is 0 Å². The first-order valence-corrected chi connectivity index (χ1v) is 6.78. The Morgan fingerprint density at radius 3 is 2.60 bits per heavy atom. The monoisotopic (exact) mass is 278 g/mol. The molecule has 1 heterocycles. The van der Waals surface area contributed by atoms with Gasteiger partial charge in [0.15, 0.2) is 0 Å². The van der Waals surface area contributed by atoms with E-state index in [4.69, 9.17) is 5.73 Å². The fraction of sp³-hybridized carbons (Fsp3) is 0.500. The SMILES string of the molecule is CCN(CC)C(=O)C(C)NC(=O)c1ccnc(CN)c1. The van der Waals surface area contributed by atoms with Crippen molar-refractivity contribution >= 4 is 11.8 Å². The van der Waals surface area contributed by atoms with E-state index in [-0.39, 0.29) is 18.4 Å². The van der Waals surface area contributed by atoms with Crippen LogP contribution in [0.25, 0.3) is 0 Å². The highest BCUT2D eigenvalue weighted by atomic mass is 16.2. The number of nitrogens with two attached hydrogens (primary N) is 1. The van der Waals surface area contributed by atoms with Gasteiger partial charge in [-0.05, 0) is 32.9 Å². The minimum absolute atomic E-state index is 0.0866. The van der Waals surface area contributed by atoms with Gasteiger partial charge in [0, 0.05) is 31.4 Å². The molecule has 1 aromatic heterocycles. The molecule has 2 amide bonds. The molecule has 6 nitrogen and oxygen atoms in total. The Bertz CT molecular complexity index is 472. The van der Waals surface area contributed by atoms with Crippen LogP contribution in [0.2, 0.25) is 0 Å². The molecule has 0 radical (unpaired) electrons. The Morgan fingerprint density at radius 2 is 2.05 bits per heavy atom. The Morgan fingerprint density at radius 1 is 1.40 bits per heavy atom. The van der Waals surface area contributed by atoms with Crippen LogP contribution in [0.3, 0.4) is 0 Å². The molecule has 0 aliphatic heterocycles. The van der Waals surface area contributed by atoms with Gasteiger partial charge >= 0.3 is 0 Å². The molecular formula is C14H22N4O2. The van der Waals surface area contributed by atoms with Gasteiger partial charge in [-0.1, -0.05) is 0 Å². The first-order valence-electron chi connectivity index (χ1n) is 6.78. The molecule has 0 aromatic carbocycles. The first kappa shape index (κ1) is 16.1. The van der Waals surface area contributed by atoms with Crippen molar-refractivity contribution in [2.75, 3.05) is 13.1 Å². The van der Waals surface area contributed by atoms with E-state index in [1.807, 2.05) is 13.8 Å². The molecule has 0 spiro atoms. The molecule has 110 valence electrons. The van der Waals surface area contributed by atoms with Gasteiger partial charge in [0.2, 0.25) is 5.91 Å². The van der Waals surface area contributed by atoms with Gasteiger partial charge in [0.05, 0.1) is 5.69 Å². The van der Waals surface area contributed by atoms with E-state index in [1.54, 1.807) is 24.0 Å². The number of hydrogen-bond acceptors (Lipinski definition) is 4. The number of carbonyl (C=O) groups excluding carboxylic acids is 2. The predicted molar refractivity (Wildman–Crippen MR) is 77.0 cm³/mol. The highest BCUT2D eigenvalue weighted by molar-refractivity contribution is 5.97. The number of likely N-dealkylation sites (N-methyl/N-ethyl adjacent to an activating group) is 1. The molecule has 20 heavy (non-hydrogen) atoms. The van der Waals surface area contributed by atoms with Crippen LogP contribution in [0.1, 0.15) is 36.8 Å². The lowest BCUT2D eigenvalue weighted by Crippen LogP contribution is -2.46. The third-order valence-corrected chi connectivity index (χ3v) is 3.08. The van der Waals surface area contributed by atoms with Crippen molar-refractivity contribution in [2.45, 2.75) is 33.4 Å². The summed E-state index contributed by atoms with van der Waals surface area (Å²) in [6.07, 6.45) is 1.54. The van der Waals surface area contributed by atoms with Crippen molar-refractivity contribution in [2.24, 2.45) is 5.73 Å². The average Bonchev–Trinajstić information content (AvgIpc) is 2.48. The maximum Gasteiger partial charge on any atom is 0.252 e. The summed E-state index contributed by atoms with van der Waals surface area (Å²) in [7, 11) is 0. The molecule has 0 saturated heterocycles. The molecule has 0 aliphatic rings. The minimum atomic E-state index is -0.558. The summed E-state index contributed by atoms with van der Waals surface area (Å²) < 4.78 is 0. The number of nitrogens with one attached hydrogen (secondary N) is 1. The van der Waals surface area contributed by atoms with Crippen LogP contribution < -0.4 is 11.1 Å². The van der Waals surface area contributed by atoms with E-state index in [2.05, 4.69) is 10.3 Å². The summed E-state index contributed by atoms with van der Waals surface area (Å²) in [5.74, 6) is -0.383. The highest BCUT2D eigenvalue weighted by Crippen LogP contribution is 2.03. The number of nitrogens with zero attached hydrogens (tertiary/aromatic N) is 2. The molecule has 3 N–H and O–H groups in total. The number of rotatable bonds is 6. The molecule has 0 bridgehead atoms. The normalized spacial score (nSPS) is 11.8. The van der Waals surface area contributed by atoms with Gasteiger partial charge in [-0.15, -0.1) is 0 Å². The molecule has 1 unspecified atom stereocenters. The lowest BCUT2D eigenvalue weighted by Gasteiger charge is -2.23. The van der Waals surface area contributed by atoms with Crippen LogP contribution in [0.15, 0.2) is 18.3 Å². The largest absolute Gasteiger partial charge is 0.341 e. The molecule has 1 atom stereocenters. The average molecular weight is 278 g/mol. The summed E-state index contributed by atoms with van der Waals surface area (Å²) >= 11 is 0. The smallest absolute Gasteiger partial charge is 0.252 e. The van der Waals surface area contributed by atoms with Crippen molar-refractivity contribution < 1.29 is 9.59 Å². The zero-order valence-corrected chi connectivity index (χ0v) is 12.2. The lowest BCUT2D eigenvalue weighted by atomic mass is 10.2. The summed E-state index contributed by atoms with van der Waals surface area (Å²) in [4.78, 5) is 29.9. The van der Waals surface area contributed by atoms with Crippen LogP contribution in [0.5, 0.6) is 0 Å². The zero-order chi connectivity index (χ0) is 15.1. The van der Waals surface area contributed by atoms with Gasteiger partial charge in [0.25, 0.3) is 5.91 Å². The number of pyridine rings is 1. The van der Waals surface area contributed by atoms with Crippen molar-refractivity contribution in [3.8, 4) is 0 Å². The van der Waals surface area contributed by atoms with Crippen LogP contribution in [-0.2, 0) is 11.3 Å². The van der Waals surface area contributed by atoms with Gasteiger partial charge in [-0.3, -0.25) is 14.6 Å². The number of aromatic nitrogens is 1. The van der Waals surface area contributed by atoms with Crippen molar-refractivity contribution in [1.82, 2.24) is 15.2 Å². The van der Waals surface area contributed by atoms with Gasteiger partial charge in [-0.25, -0.2) is 0 Å². The summed E-state index contributed by atoms with van der Waals surface area (Å²) in [6, 6.07) is 2.67. The van der Waals surface area contributed by atoms with E-state index in [0.29, 0.717) is 24.3 Å². The maximum atomic E-state index is 12.1. The van der Waals surface area contributed by atoms with Crippen molar-refractivity contribution in [3.05, 3.63) is 29.6 Å². The number of hydrogen-bond donors (Lipinski definition) is 2. The van der Waals surface area contributed by atoms with Crippen LogP contribution in [0, 0.1) is 0 Å². The number of carbonyl (C=O) groups is 2. The van der Waals surface area contributed by atoms with E-state index in [0.717, 1.165) is 0 Å². The lowest BCUT2D eigenvalue weighted by molar-refractivity contribution is -0.132. The third kappa shape index (κ3) is 4.03. The van der Waals surface area contributed by atoms with Crippen molar-refractivity contribution in [3.63, 3.8) is 0 Å². The quantitative estimate of drug-likeness (QED) is 0.794. The molecular weight excluding hydrogens is 256 g/mol. The maximum absolute atomic E-state index is 12.1. The Labute approximate surface area is 119 Å². The Balaban J connectivity index is 2.72. The summed E-state index contributed by atoms with van der Waals surface area (Å²) in [6.45, 7) is 7.03. The number of amides is 2. The molecule has 0 aliphatic carbocycles. The standard InChI is InChI=1S/C14H22N4O2/c1-4-18(5-2)14(20)10(3)17-13(19)11-6-7-16-12(8-11)9-15/h6-8,10H,4-5,9,15H2,1-3H3,(H,17,19). The highest BCUT2D eigenvalue weighted by Gasteiger charge is 2.20. The van der Waals surface area contributed by atoms with Gasteiger partial charge in [0.1, 0.15) is 6.04 Å². The zero-order valence-electron chi connectivity index (χ0n) is 12.2. The molecule has 0 fully saturated rings. The fourth-order valence-corrected chi connectivity index (χ4v) is 1.88. The van der Waals surface area contributed by atoms with Gasteiger partial charge in [-0.2, -0.15) is 0 Å². The van der Waals surface area contributed by atoms with E-state index >= 15 is 0 Å². The fourth-order valence-electron chi connectivity index (χ4n) is 1.88. The predicted octanol–water partition coefficient (Wildman–Crippen LogP) is 0.527. The van der Waals surface area contributed by atoms with Crippen LogP contribution in [-0.4, -0.2) is 40.8 Å². The van der Waals surface area contributed by atoms with Crippen LogP contribution >= 0.6 is 0 Å². The van der Waals surface area contributed by atoms with Crippen molar-refractivity contribution in [1.29, 1.82) is 0 Å². The minimum Gasteiger partial charge on any atom is -0.341 e. The second kappa shape index (κ2) is 7.59. The summed E-state index contributed by atoms with van der Waals surface area (Å²) in [5.41, 5.74) is 6.59. The molecule has 6 heteroatoms. The third-order valence-electron chi connectivity index (χ3n) is 3.08. The Kier molecular flexibility index (Phi) is 6.11. The van der Waals surface area contributed by atoms with E-state index in [1.165, 1.54) is 6.20 Å². The topological polar surface area (TPSA) is 88.3 Å². The molecule has 0 saturated carbocycles. The Hall–Kier alpha value is -1.95. The summed E-state index contributed by atoms with van der Waals surface area (Å²) in [5, 5.41) is 2.70. The van der Waals surface area contributed by atoms with E-state index < -0.39 is 6.04 Å². The second-order valence-corrected chi connectivity index (χ2v) is 4.45.